The van der Waals surface area contributed by atoms with Gasteiger partial charge >= 0.3 is 35.4 Å². The molecule has 116 valence electrons. The summed E-state index contributed by atoms with van der Waals surface area (Å²) in [4.78, 5) is 23.9. The molecule has 0 saturated carbocycles. The van der Waals surface area contributed by atoms with E-state index in [0.29, 0.717) is 0 Å². The van der Waals surface area contributed by atoms with Crippen molar-refractivity contribution in [3.63, 3.8) is 0 Å². The largest absolute Gasteiger partial charge is 0.673 e. The summed E-state index contributed by atoms with van der Waals surface area (Å²) in [6.45, 7) is 0. The van der Waals surface area contributed by atoms with E-state index in [1.807, 2.05) is 0 Å². The molecular formula is CH10B4O15. The van der Waals surface area contributed by atoms with Crippen LogP contribution >= 0.6 is 0 Å². The topological polar surface area (TPSA) is 256 Å². The lowest BCUT2D eigenvalue weighted by atomic mass is 10.3. The Labute approximate surface area is 111 Å². The normalized spacial score (nSPS) is 8.10. The zero-order chi connectivity index (χ0) is 16.7. The van der Waals surface area contributed by atoms with E-state index >= 15 is 0 Å². The van der Waals surface area contributed by atoms with E-state index < -0.39 is 35.4 Å². The van der Waals surface area contributed by atoms with Gasteiger partial charge in [0.1, 0.15) is 0 Å². The van der Waals surface area contributed by atoms with Gasteiger partial charge in [0, 0.05) is 0 Å². The first-order valence-electron chi connectivity index (χ1n) is 4.00. The van der Waals surface area contributed by atoms with Crippen molar-refractivity contribution in [1.29, 1.82) is 0 Å². The third-order valence-corrected chi connectivity index (χ3v) is 0.404. The Morgan fingerprint density at radius 3 is 0.950 bits per heavy atom. The molecule has 0 aromatic rings. The summed E-state index contributed by atoms with van der Waals surface area (Å²) in [7, 11) is -8.98. The minimum atomic E-state index is -2.32. The van der Waals surface area contributed by atoms with E-state index in [-0.39, 0.29) is 0 Å². The van der Waals surface area contributed by atoms with Crippen LogP contribution in [0.1, 0.15) is 0 Å². The summed E-state index contributed by atoms with van der Waals surface area (Å²) in [5.74, 6) is 0. The van der Waals surface area contributed by atoms with Crippen LogP contribution < -0.4 is 0 Å². The van der Waals surface area contributed by atoms with Crippen molar-refractivity contribution in [3.8, 4) is 0 Å². The molecule has 0 aliphatic heterocycles. The Morgan fingerprint density at radius 1 is 0.600 bits per heavy atom. The molecule has 0 fully saturated rings. The van der Waals surface area contributed by atoms with Gasteiger partial charge in [-0.3, -0.25) is 9.78 Å². The summed E-state index contributed by atoms with van der Waals surface area (Å²) >= 11 is 0. The molecule has 0 unspecified atom stereocenters. The first-order chi connectivity index (χ1) is 8.98. The van der Waals surface area contributed by atoms with Crippen LogP contribution in [-0.2, 0) is 19.4 Å². The highest BCUT2D eigenvalue weighted by Gasteiger charge is 2.19. The van der Waals surface area contributed by atoms with Gasteiger partial charge in [0.15, 0.2) is 0 Å². The third kappa shape index (κ3) is 53.6. The molecule has 0 heterocycles. The highest BCUT2D eigenvalue weighted by Crippen LogP contribution is 1.89. The van der Waals surface area contributed by atoms with Crippen LogP contribution in [0.5, 0.6) is 0 Å². The minimum absolute atomic E-state index is 1.64. The van der Waals surface area contributed by atoms with Gasteiger partial charge in [-0.25, -0.2) is 0 Å². The van der Waals surface area contributed by atoms with Crippen molar-refractivity contribution in [2.45, 2.75) is 0 Å². The molecule has 0 rings (SSSR count). The molecule has 20 heavy (non-hydrogen) atoms. The second kappa shape index (κ2) is 16.1. The fourth-order valence-corrected chi connectivity index (χ4v) is 0.179. The Morgan fingerprint density at radius 2 is 0.800 bits per heavy atom. The molecule has 0 aliphatic carbocycles. The number of hydrogen-bond donors (Lipinski definition) is 10. The lowest BCUT2D eigenvalue weighted by Crippen LogP contribution is -2.24. The van der Waals surface area contributed by atoms with E-state index in [9.17, 15) is 4.79 Å². The van der Waals surface area contributed by atoms with Gasteiger partial charge in [0.25, 0.3) is 0 Å². The summed E-state index contributed by atoms with van der Waals surface area (Å²) < 4.78 is 0. The molecule has 0 saturated heterocycles. The van der Waals surface area contributed by atoms with Gasteiger partial charge in [0.2, 0.25) is 0 Å². The molecule has 0 spiro atoms. The van der Waals surface area contributed by atoms with E-state index in [1.165, 1.54) is 0 Å². The maximum absolute atomic E-state index is 10.1. The zero-order valence-corrected chi connectivity index (χ0v) is 9.32. The molecule has 15 nitrogen and oxygen atoms in total. The van der Waals surface area contributed by atoms with E-state index in [1.54, 1.807) is 0 Å². The molecule has 0 aromatic carbocycles. The van der Waals surface area contributed by atoms with Crippen molar-refractivity contribution in [2.24, 2.45) is 0 Å². The van der Waals surface area contributed by atoms with Crippen molar-refractivity contribution in [2.75, 3.05) is 0 Å². The molecule has 19 heteroatoms. The highest BCUT2D eigenvalue weighted by molar-refractivity contribution is 6.32. The molecule has 0 radical (unpaired) electrons. The highest BCUT2D eigenvalue weighted by atomic mass is 17.3. The third-order valence-electron chi connectivity index (χ3n) is 0.404. The number of hydrogen-bond acceptors (Lipinski definition) is 15. The van der Waals surface area contributed by atoms with Crippen molar-refractivity contribution in [1.82, 2.24) is 0 Å². The summed E-state index contributed by atoms with van der Waals surface area (Å²) in [6, 6.07) is 0. The zero-order valence-electron chi connectivity index (χ0n) is 9.32. The average molecular weight is 305 g/mol. The van der Waals surface area contributed by atoms with Crippen molar-refractivity contribution in [3.05, 3.63) is 0 Å². The Hall–Kier alpha value is -0.950. The van der Waals surface area contributed by atoms with Crippen LogP contribution in [0.15, 0.2) is 0 Å². The second-order valence-electron chi connectivity index (χ2n) is 1.95. The molecular weight excluding hydrogens is 295 g/mol. The van der Waals surface area contributed by atoms with Gasteiger partial charge in [-0.2, -0.15) is 14.4 Å². The predicted octanol–water partition coefficient (Wildman–Crippen LogP) is -7.16. The van der Waals surface area contributed by atoms with Crippen molar-refractivity contribution >= 4 is 35.4 Å². The van der Waals surface area contributed by atoms with Gasteiger partial charge in [-0.15, -0.1) is 0 Å². The van der Waals surface area contributed by atoms with Crippen LogP contribution in [0.2, 0.25) is 0 Å². The Balaban J connectivity index is -0.000000297. The molecule has 0 aliphatic rings. The number of carbonyl (C=O) groups excluding carboxylic acids is 1. The SMILES string of the molecule is O=C(OOB(O)O)OOB(O)O.OB(O)O.OB(O)O. The smallest absolute Gasteiger partial charge is 0.402 e. The lowest BCUT2D eigenvalue weighted by Gasteiger charge is -2.01. The maximum Gasteiger partial charge on any atom is 0.673 e. The second-order valence-corrected chi connectivity index (χ2v) is 1.95. The van der Waals surface area contributed by atoms with Crippen LogP contribution in [0.4, 0.5) is 4.79 Å². The van der Waals surface area contributed by atoms with Crippen LogP contribution in [0.3, 0.4) is 0 Å². The summed E-state index contributed by atoms with van der Waals surface area (Å²) in [5, 5.41) is 74.8. The van der Waals surface area contributed by atoms with Crippen LogP contribution in [0, 0.1) is 0 Å². The number of carbonyl (C=O) groups is 1. The van der Waals surface area contributed by atoms with Crippen LogP contribution in [-0.4, -0.2) is 85.7 Å². The van der Waals surface area contributed by atoms with Crippen LogP contribution in [0.25, 0.3) is 0 Å². The monoisotopic (exact) mass is 306 g/mol. The number of rotatable bonds is 4. The fraction of sp³-hybridized carbons (Fsp3) is 0. The van der Waals surface area contributed by atoms with Gasteiger partial charge in [0.05, 0.1) is 0 Å². The van der Waals surface area contributed by atoms with Gasteiger partial charge in [-0.05, 0) is 0 Å². The fourth-order valence-electron chi connectivity index (χ4n) is 0.179. The first-order valence-corrected chi connectivity index (χ1v) is 4.00. The average Bonchev–Trinajstić information content (AvgIpc) is 2.21. The van der Waals surface area contributed by atoms with Gasteiger partial charge < -0.3 is 50.2 Å². The summed E-state index contributed by atoms with van der Waals surface area (Å²) in [5.41, 5.74) is 0. The molecule has 0 aromatic heterocycles. The first kappa shape index (κ1) is 24.1. The predicted molar refractivity (Wildman–Crippen MR) is 54.9 cm³/mol. The standard InChI is InChI=1S/CH4B2O9.2BH3O3/c4-1(9-11-2(5)6)10-12-3(7)8;2*2-1(3)4/h5-8H;2*2-4H. The summed E-state index contributed by atoms with van der Waals surface area (Å²) in [6.07, 6.45) is -1.64. The maximum atomic E-state index is 10.1. The van der Waals surface area contributed by atoms with Crippen molar-refractivity contribution < 1.29 is 74.4 Å². The molecule has 0 bridgehead atoms. The lowest BCUT2D eigenvalue weighted by molar-refractivity contribution is -0.262. The minimum Gasteiger partial charge on any atom is -0.402 e. The quantitative estimate of drug-likeness (QED) is 0.131. The van der Waals surface area contributed by atoms with E-state index in [0.717, 1.165) is 0 Å². The molecule has 0 amide bonds. The van der Waals surface area contributed by atoms with Gasteiger partial charge in [-0.1, -0.05) is 0 Å². The van der Waals surface area contributed by atoms with E-state index in [4.69, 9.17) is 50.2 Å². The molecule has 10 N–H and O–H groups in total. The Kier molecular flexibility index (Phi) is 19.4. The molecule has 0 atom stereocenters. The Bertz CT molecular complexity index is 179. The van der Waals surface area contributed by atoms with E-state index in [2.05, 4.69) is 19.4 Å².